The Bertz CT molecular complexity index is 1390. The van der Waals surface area contributed by atoms with E-state index in [-0.39, 0.29) is 17.5 Å². The molecule has 0 saturated heterocycles. The van der Waals surface area contributed by atoms with E-state index in [1.54, 1.807) is 6.92 Å². The van der Waals surface area contributed by atoms with E-state index in [1.807, 2.05) is 53.1 Å². The van der Waals surface area contributed by atoms with E-state index < -0.39 is 0 Å². The molecule has 1 aliphatic rings. The molecule has 2 unspecified atom stereocenters. The van der Waals surface area contributed by atoms with E-state index in [0.29, 0.717) is 40.6 Å². The summed E-state index contributed by atoms with van der Waals surface area (Å²) in [6.07, 6.45) is 5.00. The maximum Gasteiger partial charge on any atom is 0.264 e. The highest BCUT2D eigenvalue weighted by Crippen LogP contribution is 2.36. The maximum absolute atomic E-state index is 13.6. The standard InChI is InChI=1S/C27H28ClN3O3/c1-17-24-26(30-34-17)25-21(28)11-6-12-22(25)31(27(24)33)20-10-5-9-19(15-20)16-29-23(32)14-13-18-7-3-2-4-8-18/h2-4,6-8,11-12,19-20H,5,9-10,13-16H2,1H3,(H,29,32). The quantitative estimate of drug-likeness (QED) is 0.393. The summed E-state index contributed by atoms with van der Waals surface area (Å²) in [6, 6.07) is 15.7. The number of hydrogen-bond acceptors (Lipinski definition) is 4. The molecule has 1 amide bonds. The number of pyridine rings is 1. The van der Waals surface area contributed by atoms with Gasteiger partial charge >= 0.3 is 0 Å². The van der Waals surface area contributed by atoms with E-state index in [4.69, 9.17) is 16.1 Å². The molecular weight excluding hydrogens is 450 g/mol. The largest absolute Gasteiger partial charge is 0.360 e. The van der Waals surface area contributed by atoms with Gasteiger partial charge in [-0.05, 0) is 56.2 Å². The average Bonchev–Trinajstić information content (AvgIpc) is 3.24. The Kier molecular flexibility index (Phi) is 6.42. The van der Waals surface area contributed by atoms with Gasteiger partial charge in [0.1, 0.15) is 16.7 Å². The number of fused-ring (bicyclic) bond motifs is 3. The highest BCUT2D eigenvalue weighted by atomic mass is 35.5. The summed E-state index contributed by atoms with van der Waals surface area (Å²) in [7, 11) is 0. The number of carbonyl (C=O) groups excluding carboxylic acids is 1. The molecule has 2 aromatic heterocycles. The van der Waals surface area contributed by atoms with E-state index in [1.165, 1.54) is 5.56 Å². The summed E-state index contributed by atoms with van der Waals surface area (Å²) in [5, 5.41) is 9.07. The van der Waals surface area contributed by atoms with Crippen molar-refractivity contribution in [3.63, 3.8) is 0 Å². The van der Waals surface area contributed by atoms with Gasteiger partial charge in [0, 0.05) is 24.4 Å². The topological polar surface area (TPSA) is 77.1 Å². The lowest BCUT2D eigenvalue weighted by atomic mass is 9.85. The predicted molar refractivity (Wildman–Crippen MR) is 134 cm³/mol. The van der Waals surface area contributed by atoms with Crippen molar-refractivity contribution in [2.45, 2.75) is 51.5 Å². The van der Waals surface area contributed by atoms with Crippen molar-refractivity contribution in [3.8, 4) is 0 Å². The van der Waals surface area contributed by atoms with E-state index in [2.05, 4.69) is 10.5 Å². The molecule has 34 heavy (non-hydrogen) atoms. The lowest BCUT2D eigenvalue weighted by Crippen LogP contribution is -2.34. The minimum atomic E-state index is -0.0823. The normalized spacial score (nSPS) is 18.4. The van der Waals surface area contributed by atoms with Crippen LogP contribution in [0.3, 0.4) is 0 Å². The van der Waals surface area contributed by atoms with Crippen molar-refractivity contribution in [3.05, 3.63) is 75.2 Å². The van der Waals surface area contributed by atoms with Gasteiger partial charge in [-0.2, -0.15) is 0 Å². The number of nitrogens with one attached hydrogen (secondary N) is 1. The van der Waals surface area contributed by atoms with Crippen LogP contribution in [0.2, 0.25) is 5.02 Å². The van der Waals surface area contributed by atoms with Crippen molar-refractivity contribution in [1.82, 2.24) is 15.0 Å². The van der Waals surface area contributed by atoms with Gasteiger partial charge in [0.2, 0.25) is 5.91 Å². The molecule has 1 saturated carbocycles. The minimum absolute atomic E-state index is 0.0344. The number of rotatable bonds is 6. The van der Waals surface area contributed by atoms with Crippen LogP contribution in [0.5, 0.6) is 0 Å². The summed E-state index contributed by atoms with van der Waals surface area (Å²) in [5.41, 5.74) is 2.40. The monoisotopic (exact) mass is 477 g/mol. The first kappa shape index (κ1) is 22.7. The molecular formula is C27H28ClN3O3. The number of hydrogen-bond donors (Lipinski definition) is 1. The zero-order chi connectivity index (χ0) is 23.7. The smallest absolute Gasteiger partial charge is 0.264 e. The SMILES string of the molecule is Cc1onc2c1c(=O)n(C1CCCC(CNC(=O)CCc3ccccc3)C1)c1cccc(Cl)c21. The Hall–Kier alpha value is -3.12. The highest BCUT2D eigenvalue weighted by Gasteiger charge is 2.28. The fraction of sp³-hybridized carbons (Fsp3) is 0.370. The second kappa shape index (κ2) is 9.63. The van der Waals surface area contributed by atoms with E-state index >= 15 is 0 Å². The maximum atomic E-state index is 13.6. The van der Waals surface area contributed by atoms with Crippen LogP contribution in [-0.2, 0) is 11.2 Å². The first-order valence-electron chi connectivity index (χ1n) is 11.9. The van der Waals surface area contributed by atoms with Crippen LogP contribution in [0.4, 0.5) is 0 Å². The predicted octanol–water partition coefficient (Wildman–Crippen LogP) is 5.58. The van der Waals surface area contributed by atoms with Gasteiger partial charge in [-0.15, -0.1) is 0 Å². The molecule has 2 atom stereocenters. The lowest BCUT2D eigenvalue weighted by molar-refractivity contribution is -0.121. The number of halogens is 1. The lowest BCUT2D eigenvalue weighted by Gasteiger charge is -2.31. The molecule has 6 nitrogen and oxygen atoms in total. The van der Waals surface area contributed by atoms with Crippen molar-refractivity contribution in [2.75, 3.05) is 6.54 Å². The third-order valence-electron chi connectivity index (χ3n) is 6.98. The molecule has 7 heteroatoms. The van der Waals surface area contributed by atoms with Crippen molar-refractivity contribution >= 4 is 39.3 Å². The van der Waals surface area contributed by atoms with E-state index in [0.717, 1.165) is 43.0 Å². The molecule has 0 radical (unpaired) electrons. The zero-order valence-electron chi connectivity index (χ0n) is 19.2. The number of aromatic nitrogens is 2. The summed E-state index contributed by atoms with van der Waals surface area (Å²) in [6.45, 7) is 2.39. The zero-order valence-corrected chi connectivity index (χ0v) is 20.0. The molecule has 1 N–H and O–H groups in total. The van der Waals surface area contributed by atoms with Crippen LogP contribution < -0.4 is 10.9 Å². The fourth-order valence-electron chi connectivity index (χ4n) is 5.27. The highest BCUT2D eigenvalue weighted by molar-refractivity contribution is 6.37. The molecule has 0 aliphatic heterocycles. The minimum Gasteiger partial charge on any atom is -0.360 e. The van der Waals surface area contributed by atoms with Crippen molar-refractivity contribution in [2.24, 2.45) is 5.92 Å². The Balaban J connectivity index is 1.34. The summed E-state index contributed by atoms with van der Waals surface area (Å²) < 4.78 is 7.26. The first-order chi connectivity index (χ1) is 16.5. The van der Waals surface area contributed by atoms with Crippen molar-refractivity contribution < 1.29 is 9.32 Å². The van der Waals surface area contributed by atoms with Crippen LogP contribution in [0.1, 0.15) is 49.5 Å². The molecule has 4 aromatic rings. The summed E-state index contributed by atoms with van der Waals surface area (Å²) in [5.74, 6) is 0.898. The van der Waals surface area contributed by atoms with Gasteiger partial charge in [-0.1, -0.05) is 59.6 Å². The molecule has 1 fully saturated rings. The van der Waals surface area contributed by atoms with Gasteiger partial charge in [0.05, 0.1) is 10.5 Å². The molecule has 176 valence electrons. The Morgan fingerprint density at radius 2 is 1.97 bits per heavy atom. The molecule has 0 bridgehead atoms. The third kappa shape index (κ3) is 4.34. The number of amides is 1. The van der Waals surface area contributed by atoms with Gasteiger partial charge in [-0.25, -0.2) is 0 Å². The average molecular weight is 478 g/mol. The number of nitrogens with zero attached hydrogens (tertiary/aromatic N) is 2. The van der Waals surface area contributed by atoms with Crippen LogP contribution in [0.25, 0.3) is 21.8 Å². The van der Waals surface area contributed by atoms with E-state index in [9.17, 15) is 9.59 Å². The van der Waals surface area contributed by atoms with Gasteiger partial charge in [-0.3, -0.25) is 9.59 Å². The first-order valence-corrected chi connectivity index (χ1v) is 12.3. The van der Waals surface area contributed by atoms with Gasteiger partial charge in [0.15, 0.2) is 0 Å². The number of benzene rings is 2. The summed E-state index contributed by atoms with van der Waals surface area (Å²) >= 11 is 6.55. The van der Waals surface area contributed by atoms with Crippen LogP contribution in [-0.4, -0.2) is 22.2 Å². The second-order valence-electron chi connectivity index (χ2n) is 9.25. The van der Waals surface area contributed by atoms with Crippen LogP contribution >= 0.6 is 11.6 Å². The Morgan fingerprint density at radius 1 is 1.15 bits per heavy atom. The van der Waals surface area contributed by atoms with Gasteiger partial charge in [0.25, 0.3) is 5.56 Å². The van der Waals surface area contributed by atoms with Gasteiger partial charge < -0.3 is 14.4 Å². The number of aryl methyl sites for hydroxylation is 2. The third-order valence-corrected chi connectivity index (χ3v) is 7.29. The second-order valence-corrected chi connectivity index (χ2v) is 9.65. The number of carbonyl (C=O) groups is 1. The van der Waals surface area contributed by atoms with Crippen molar-refractivity contribution in [1.29, 1.82) is 0 Å². The molecule has 2 aromatic carbocycles. The van der Waals surface area contributed by atoms with Crippen LogP contribution in [0.15, 0.2) is 57.8 Å². The molecule has 2 heterocycles. The molecule has 0 spiro atoms. The Labute approximate surface area is 202 Å². The van der Waals surface area contributed by atoms with Crippen LogP contribution in [0, 0.1) is 12.8 Å². The molecule has 5 rings (SSSR count). The Morgan fingerprint density at radius 3 is 2.79 bits per heavy atom. The fourth-order valence-corrected chi connectivity index (χ4v) is 5.53. The molecule has 1 aliphatic carbocycles. The summed E-state index contributed by atoms with van der Waals surface area (Å²) in [4.78, 5) is 26.0.